The van der Waals surface area contributed by atoms with Crippen LogP contribution in [0.5, 0.6) is 0 Å². The maximum Gasteiger partial charge on any atom is 0.239 e. The summed E-state index contributed by atoms with van der Waals surface area (Å²) >= 11 is 0. The number of hydrogen-bond donors (Lipinski definition) is 0. The van der Waals surface area contributed by atoms with E-state index in [2.05, 4.69) is 0 Å². The first kappa shape index (κ1) is 10.5. The molecule has 0 aliphatic rings. The van der Waals surface area contributed by atoms with Gasteiger partial charge >= 0.3 is 0 Å². The van der Waals surface area contributed by atoms with E-state index in [0.29, 0.717) is 0 Å². The third-order valence-electron chi connectivity index (χ3n) is 1.97. The highest BCUT2D eigenvalue weighted by molar-refractivity contribution is 8.13. The van der Waals surface area contributed by atoms with Crippen molar-refractivity contribution in [1.82, 2.24) is 0 Å². The van der Waals surface area contributed by atoms with E-state index < -0.39 is 14.3 Å². The highest BCUT2D eigenvalue weighted by atomic mass is 35.7. The minimum atomic E-state index is -3.50. The Morgan fingerprint density at radius 3 is 2.08 bits per heavy atom. The standard InChI is InChI=1S/C9H11ClO2S/c1-7-3-5-9(6-4-7)8(2)13(10,11)12/h3-6,8H,1-2H3. The summed E-state index contributed by atoms with van der Waals surface area (Å²) in [7, 11) is 1.73. The number of aryl methyl sites for hydroxylation is 1. The van der Waals surface area contributed by atoms with Crippen LogP contribution in [0.1, 0.15) is 23.3 Å². The molecule has 1 atom stereocenters. The topological polar surface area (TPSA) is 34.1 Å². The van der Waals surface area contributed by atoms with E-state index in [4.69, 9.17) is 10.7 Å². The van der Waals surface area contributed by atoms with E-state index in [9.17, 15) is 8.42 Å². The molecule has 0 saturated heterocycles. The molecule has 0 bridgehead atoms. The minimum absolute atomic E-state index is 0.644. The number of hydrogen-bond acceptors (Lipinski definition) is 2. The SMILES string of the molecule is Cc1ccc(C(C)S(=O)(=O)Cl)cc1. The molecule has 1 aromatic carbocycles. The summed E-state index contributed by atoms with van der Waals surface area (Å²) in [5.74, 6) is 0. The van der Waals surface area contributed by atoms with Crippen molar-refractivity contribution in [2.24, 2.45) is 0 Å². The predicted molar refractivity (Wildman–Crippen MR) is 54.4 cm³/mol. The zero-order valence-electron chi connectivity index (χ0n) is 7.49. The smallest absolute Gasteiger partial charge is 0.212 e. The van der Waals surface area contributed by atoms with Crippen LogP contribution in [0.25, 0.3) is 0 Å². The minimum Gasteiger partial charge on any atom is -0.212 e. The Hall–Kier alpha value is -0.540. The Bertz CT molecular complexity index is 381. The fraction of sp³-hybridized carbons (Fsp3) is 0.333. The zero-order valence-corrected chi connectivity index (χ0v) is 9.06. The maximum absolute atomic E-state index is 11.0. The van der Waals surface area contributed by atoms with Crippen LogP contribution < -0.4 is 0 Å². The molecule has 0 heterocycles. The van der Waals surface area contributed by atoms with Gasteiger partial charge in [0.25, 0.3) is 0 Å². The first-order valence-corrected chi connectivity index (χ1v) is 6.28. The summed E-state index contributed by atoms with van der Waals surface area (Å²) in [5.41, 5.74) is 1.82. The molecular formula is C9H11ClO2S. The van der Waals surface area contributed by atoms with Gasteiger partial charge in [0.1, 0.15) is 0 Å². The van der Waals surface area contributed by atoms with Crippen LogP contribution in [0.4, 0.5) is 0 Å². The van der Waals surface area contributed by atoms with Gasteiger partial charge in [-0.1, -0.05) is 29.8 Å². The summed E-state index contributed by atoms with van der Waals surface area (Å²) in [4.78, 5) is 0. The first-order valence-electron chi connectivity index (χ1n) is 3.91. The number of benzene rings is 1. The van der Waals surface area contributed by atoms with Crippen LogP contribution >= 0.6 is 10.7 Å². The van der Waals surface area contributed by atoms with Crippen molar-refractivity contribution in [2.75, 3.05) is 0 Å². The highest BCUT2D eigenvalue weighted by Gasteiger charge is 2.18. The molecule has 0 amide bonds. The molecule has 0 spiro atoms. The lowest BCUT2D eigenvalue weighted by Crippen LogP contribution is -2.02. The molecule has 0 aromatic heterocycles. The zero-order chi connectivity index (χ0) is 10.1. The number of halogens is 1. The van der Waals surface area contributed by atoms with Gasteiger partial charge in [-0.05, 0) is 19.4 Å². The van der Waals surface area contributed by atoms with Crippen LogP contribution in [0.15, 0.2) is 24.3 Å². The fourth-order valence-corrected chi connectivity index (χ4v) is 1.79. The second-order valence-electron chi connectivity index (χ2n) is 3.03. The molecule has 0 saturated carbocycles. The van der Waals surface area contributed by atoms with Crippen molar-refractivity contribution in [3.05, 3.63) is 35.4 Å². The van der Waals surface area contributed by atoms with Gasteiger partial charge in [0.05, 0.1) is 5.25 Å². The molecule has 1 rings (SSSR count). The molecule has 0 fully saturated rings. The summed E-state index contributed by atoms with van der Waals surface area (Å²) in [5, 5.41) is -0.644. The normalized spacial score (nSPS) is 14.1. The van der Waals surface area contributed by atoms with Gasteiger partial charge < -0.3 is 0 Å². The van der Waals surface area contributed by atoms with Crippen LogP contribution in [-0.4, -0.2) is 8.42 Å². The van der Waals surface area contributed by atoms with Crippen molar-refractivity contribution in [3.63, 3.8) is 0 Å². The second kappa shape index (κ2) is 3.68. The molecule has 1 unspecified atom stereocenters. The summed E-state index contributed by atoms with van der Waals surface area (Å²) in [6.45, 7) is 3.52. The van der Waals surface area contributed by atoms with Gasteiger partial charge in [-0.25, -0.2) is 8.42 Å². The molecule has 72 valence electrons. The second-order valence-corrected chi connectivity index (χ2v) is 5.98. The van der Waals surface area contributed by atoms with Crippen molar-refractivity contribution < 1.29 is 8.42 Å². The molecule has 1 aromatic rings. The van der Waals surface area contributed by atoms with Gasteiger partial charge in [-0.2, -0.15) is 0 Å². The number of rotatable bonds is 2. The van der Waals surface area contributed by atoms with Crippen molar-refractivity contribution in [1.29, 1.82) is 0 Å². The molecule has 0 aliphatic carbocycles. The Morgan fingerprint density at radius 2 is 1.69 bits per heavy atom. The Morgan fingerprint density at radius 1 is 1.23 bits per heavy atom. The van der Waals surface area contributed by atoms with E-state index in [1.807, 2.05) is 19.1 Å². The van der Waals surface area contributed by atoms with Crippen molar-refractivity contribution in [3.8, 4) is 0 Å². The Balaban J connectivity index is 3.04. The van der Waals surface area contributed by atoms with Crippen LogP contribution in [0.3, 0.4) is 0 Å². The van der Waals surface area contributed by atoms with E-state index in [1.165, 1.54) is 0 Å². The average Bonchev–Trinajstić information content (AvgIpc) is 2.03. The molecule has 4 heteroatoms. The third-order valence-corrected chi connectivity index (χ3v) is 3.89. The van der Waals surface area contributed by atoms with Gasteiger partial charge in [0.2, 0.25) is 9.05 Å². The van der Waals surface area contributed by atoms with Crippen LogP contribution in [-0.2, 0) is 9.05 Å². The monoisotopic (exact) mass is 218 g/mol. The van der Waals surface area contributed by atoms with Crippen LogP contribution in [0, 0.1) is 6.92 Å². The maximum atomic E-state index is 11.0. The lowest BCUT2D eigenvalue weighted by Gasteiger charge is -2.07. The lowest BCUT2D eigenvalue weighted by molar-refractivity contribution is 0.600. The van der Waals surface area contributed by atoms with Gasteiger partial charge in [0.15, 0.2) is 0 Å². The van der Waals surface area contributed by atoms with Crippen molar-refractivity contribution >= 4 is 19.7 Å². The average molecular weight is 219 g/mol. The fourth-order valence-electron chi connectivity index (χ4n) is 1.00. The van der Waals surface area contributed by atoms with Gasteiger partial charge in [0, 0.05) is 10.7 Å². The summed E-state index contributed by atoms with van der Waals surface area (Å²) in [6.07, 6.45) is 0. The van der Waals surface area contributed by atoms with Gasteiger partial charge in [-0.15, -0.1) is 0 Å². The predicted octanol–water partition coefficient (Wildman–Crippen LogP) is 2.62. The van der Waals surface area contributed by atoms with E-state index >= 15 is 0 Å². The molecule has 0 N–H and O–H groups in total. The summed E-state index contributed by atoms with van der Waals surface area (Å²) in [6, 6.07) is 7.29. The molecule has 13 heavy (non-hydrogen) atoms. The quantitative estimate of drug-likeness (QED) is 0.716. The molecule has 0 radical (unpaired) electrons. The highest BCUT2D eigenvalue weighted by Crippen LogP contribution is 2.24. The Kier molecular flexibility index (Phi) is 2.98. The Labute approximate surface area is 83.0 Å². The molecular weight excluding hydrogens is 208 g/mol. The van der Waals surface area contributed by atoms with Gasteiger partial charge in [-0.3, -0.25) is 0 Å². The lowest BCUT2D eigenvalue weighted by atomic mass is 10.1. The van der Waals surface area contributed by atoms with E-state index in [0.717, 1.165) is 11.1 Å². The van der Waals surface area contributed by atoms with Crippen molar-refractivity contribution in [2.45, 2.75) is 19.1 Å². The largest absolute Gasteiger partial charge is 0.239 e. The molecule has 0 aliphatic heterocycles. The third kappa shape index (κ3) is 2.71. The van der Waals surface area contributed by atoms with Crippen LogP contribution in [0.2, 0.25) is 0 Å². The first-order chi connectivity index (χ1) is 5.91. The molecule has 2 nitrogen and oxygen atoms in total. The van der Waals surface area contributed by atoms with E-state index in [1.54, 1.807) is 19.1 Å². The van der Waals surface area contributed by atoms with E-state index in [-0.39, 0.29) is 0 Å². The summed E-state index contributed by atoms with van der Waals surface area (Å²) < 4.78 is 22.0.